The van der Waals surface area contributed by atoms with Crippen molar-refractivity contribution in [2.75, 3.05) is 18.7 Å². The summed E-state index contributed by atoms with van der Waals surface area (Å²) in [5.74, 6) is 0.994. The molecule has 19 heavy (non-hydrogen) atoms. The Morgan fingerprint density at radius 3 is 2.63 bits per heavy atom. The zero-order valence-electron chi connectivity index (χ0n) is 11.4. The Bertz CT molecular complexity index is 504. The summed E-state index contributed by atoms with van der Waals surface area (Å²) in [6.45, 7) is 3.61. The molecule has 6 heteroatoms. The van der Waals surface area contributed by atoms with Gasteiger partial charge in [-0.3, -0.25) is 0 Å². The molecule has 0 aliphatic heterocycles. The monoisotopic (exact) mass is 305 g/mol. The second-order valence-corrected chi connectivity index (χ2v) is 6.76. The van der Waals surface area contributed by atoms with Crippen LogP contribution in [-0.4, -0.2) is 27.2 Å². The molecule has 1 N–H and O–H groups in total. The number of sulfonamides is 1. The summed E-state index contributed by atoms with van der Waals surface area (Å²) in [5, 5.41) is 0. The van der Waals surface area contributed by atoms with Gasteiger partial charge in [0.1, 0.15) is 5.75 Å². The number of methoxy groups -OCH3 is 1. The lowest BCUT2D eigenvalue weighted by molar-refractivity contribution is 0.413. The van der Waals surface area contributed by atoms with Gasteiger partial charge in [0.05, 0.1) is 12.9 Å². The second-order valence-electron chi connectivity index (χ2n) is 4.66. The summed E-state index contributed by atoms with van der Waals surface area (Å²) in [6, 6.07) is 7.03. The number of alkyl halides is 1. The van der Waals surface area contributed by atoms with Crippen molar-refractivity contribution in [1.29, 1.82) is 0 Å². The van der Waals surface area contributed by atoms with E-state index in [0.29, 0.717) is 11.6 Å². The normalized spacial score (nSPS) is 14.9. The molecule has 1 aromatic carbocycles. The molecule has 0 saturated heterocycles. The summed E-state index contributed by atoms with van der Waals surface area (Å²) in [6.07, 6.45) is 0. The van der Waals surface area contributed by atoms with Crippen LogP contribution in [0.15, 0.2) is 24.3 Å². The van der Waals surface area contributed by atoms with Crippen LogP contribution in [0.4, 0.5) is 0 Å². The van der Waals surface area contributed by atoms with E-state index in [1.54, 1.807) is 14.0 Å². The van der Waals surface area contributed by atoms with Gasteiger partial charge in [0.25, 0.3) is 0 Å². The Kier molecular flexibility index (Phi) is 6.10. The van der Waals surface area contributed by atoms with E-state index in [9.17, 15) is 8.42 Å². The van der Waals surface area contributed by atoms with E-state index in [2.05, 4.69) is 4.72 Å². The molecule has 0 aliphatic rings. The highest BCUT2D eigenvalue weighted by atomic mass is 35.5. The summed E-state index contributed by atoms with van der Waals surface area (Å²) < 4.78 is 31.6. The first-order chi connectivity index (χ1) is 8.88. The maximum Gasteiger partial charge on any atom is 0.212 e. The number of halogens is 1. The number of benzene rings is 1. The van der Waals surface area contributed by atoms with Crippen molar-refractivity contribution in [3.63, 3.8) is 0 Å². The van der Waals surface area contributed by atoms with Crippen LogP contribution in [0.1, 0.15) is 25.5 Å². The van der Waals surface area contributed by atoms with Crippen LogP contribution >= 0.6 is 11.6 Å². The Morgan fingerprint density at radius 2 is 2.05 bits per heavy atom. The summed E-state index contributed by atoms with van der Waals surface area (Å²) in [7, 11) is -1.76. The Morgan fingerprint density at radius 1 is 1.37 bits per heavy atom. The van der Waals surface area contributed by atoms with E-state index >= 15 is 0 Å². The Labute approximate surface area is 120 Å². The van der Waals surface area contributed by atoms with Crippen molar-refractivity contribution in [3.05, 3.63) is 29.8 Å². The molecule has 2 atom stereocenters. The fraction of sp³-hybridized carbons (Fsp3) is 0.538. The fourth-order valence-corrected chi connectivity index (χ4v) is 3.59. The lowest BCUT2D eigenvalue weighted by Gasteiger charge is -2.16. The molecule has 0 aliphatic carbocycles. The van der Waals surface area contributed by atoms with Crippen molar-refractivity contribution in [2.45, 2.75) is 19.9 Å². The van der Waals surface area contributed by atoms with Gasteiger partial charge in [0, 0.05) is 11.9 Å². The maximum absolute atomic E-state index is 11.9. The molecule has 0 heterocycles. The van der Waals surface area contributed by atoms with E-state index in [0.717, 1.165) is 5.56 Å². The molecule has 0 spiro atoms. The number of ether oxygens (including phenoxy) is 1. The van der Waals surface area contributed by atoms with Gasteiger partial charge in [0.15, 0.2) is 0 Å². The van der Waals surface area contributed by atoms with Gasteiger partial charge in [-0.1, -0.05) is 19.1 Å². The minimum Gasteiger partial charge on any atom is -0.497 e. The third kappa shape index (κ3) is 5.38. The molecule has 0 aromatic heterocycles. The number of hydrogen-bond acceptors (Lipinski definition) is 3. The average Bonchev–Trinajstić information content (AvgIpc) is 2.37. The van der Waals surface area contributed by atoms with E-state index < -0.39 is 10.0 Å². The quantitative estimate of drug-likeness (QED) is 0.788. The van der Waals surface area contributed by atoms with Crippen molar-refractivity contribution in [3.8, 4) is 5.75 Å². The average molecular weight is 306 g/mol. The molecule has 0 saturated carbocycles. The minimum absolute atomic E-state index is 0.0325. The number of rotatable bonds is 7. The molecule has 1 unspecified atom stereocenters. The molecule has 0 amide bonds. The molecule has 4 nitrogen and oxygen atoms in total. The first kappa shape index (κ1) is 16.3. The molecule has 1 rings (SSSR count). The van der Waals surface area contributed by atoms with E-state index in [1.807, 2.05) is 31.2 Å². The van der Waals surface area contributed by atoms with Gasteiger partial charge in [0.2, 0.25) is 10.0 Å². The maximum atomic E-state index is 11.9. The zero-order chi connectivity index (χ0) is 14.5. The van der Waals surface area contributed by atoms with Crippen LogP contribution in [0.2, 0.25) is 0 Å². The molecule has 108 valence electrons. The Hall–Kier alpha value is -0.780. The fourth-order valence-electron chi connectivity index (χ4n) is 1.72. The molecule has 0 bridgehead atoms. The van der Waals surface area contributed by atoms with Crippen LogP contribution in [-0.2, 0) is 10.0 Å². The lowest BCUT2D eigenvalue weighted by Crippen LogP contribution is -2.31. The highest BCUT2D eigenvalue weighted by Crippen LogP contribution is 2.19. The summed E-state index contributed by atoms with van der Waals surface area (Å²) in [5.41, 5.74) is 0.862. The van der Waals surface area contributed by atoms with Gasteiger partial charge in [-0.15, -0.1) is 11.6 Å². The van der Waals surface area contributed by atoms with E-state index in [4.69, 9.17) is 16.3 Å². The standard InChI is InChI=1S/C13H20ClNO3S/c1-10(8-14)9-19(16,17)15-11(2)12-5-4-6-13(7-12)18-3/h4-7,10-11,15H,8-9H2,1-3H3/t10?,11-/m0/s1. The second kappa shape index (κ2) is 7.12. The number of nitrogens with one attached hydrogen (secondary N) is 1. The van der Waals surface area contributed by atoms with Crippen LogP contribution < -0.4 is 9.46 Å². The highest BCUT2D eigenvalue weighted by Gasteiger charge is 2.18. The van der Waals surface area contributed by atoms with Gasteiger partial charge in [-0.25, -0.2) is 13.1 Å². The van der Waals surface area contributed by atoms with Crippen molar-refractivity contribution >= 4 is 21.6 Å². The zero-order valence-corrected chi connectivity index (χ0v) is 13.0. The van der Waals surface area contributed by atoms with Gasteiger partial charge in [-0.2, -0.15) is 0 Å². The van der Waals surface area contributed by atoms with Crippen LogP contribution in [0.5, 0.6) is 5.75 Å². The predicted octanol–water partition coefficient (Wildman–Crippen LogP) is 2.55. The third-order valence-electron chi connectivity index (χ3n) is 2.72. The largest absolute Gasteiger partial charge is 0.497 e. The van der Waals surface area contributed by atoms with Crippen molar-refractivity contribution in [1.82, 2.24) is 4.72 Å². The van der Waals surface area contributed by atoms with Crippen LogP contribution in [0, 0.1) is 5.92 Å². The Balaban J connectivity index is 2.75. The molecular formula is C13H20ClNO3S. The van der Waals surface area contributed by atoms with E-state index in [-0.39, 0.29) is 17.7 Å². The van der Waals surface area contributed by atoms with Gasteiger partial charge < -0.3 is 4.74 Å². The topological polar surface area (TPSA) is 55.4 Å². The van der Waals surface area contributed by atoms with E-state index in [1.165, 1.54) is 0 Å². The predicted molar refractivity (Wildman–Crippen MR) is 78.2 cm³/mol. The minimum atomic E-state index is -3.34. The lowest BCUT2D eigenvalue weighted by atomic mass is 10.1. The first-order valence-electron chi connectivity index (χ1n) is 6.08. The first-order valence-corrected chi connectivity index (χ1v) is 8.26. The molecule has 0 radical (unpaired) electrons. The summed E-state index contributed by atoms with van der Waals surface area (Å²) >= 11 is 5.64. The molecule has 0 fully saturated rings. The smallest absolute Gasteiger partial charge is 0.212 e. The summed E-state index contributed by atoms with van der Waals surface area (Å²) in [4.78, 5) is 0. The molecular weight excluding hydrogens is 286 g/mol. The molecule has 1 aromatic rings. The van der Waals surface area contributed by atoms with Crippen molar-refractivity contribution < 1.29 is 13.2 Å². The van der Waals surface area contributed by atoms with Gasteiger partial charge >= 0.3 is 0 Å². The SMILES string of the molecule is COc1cccc([C@H](C)NS(=O)(=O)CC(C)CCl)c1. The number of hydrogen-bond donors (Lipinski definition) is 1. The van der Waals surface area contributed by atoms with Crippen LogP contribution in [0.3, 0.4) is 0 Å². The van der Waals surface area contributed by atoms with Crippen LogP contribution in [0.25, 0.3) is 0 Å². The third-order valence-corrected chi connectivity index (χ3v) is 4.96. The highest BCUT2D eigenvalue weighted by molar-refractivity contribution is 7.89. The van der Waals surface area contributed by atoms with Gasteiger partial charge in [-0.05, 0) is 30.5 Å². The van der Waals surface area contributed by atoms with Crippen molar-refractivity contribution in [2.24, 2.45) is 5.92 Å².